The van der Waals surface area contributed by atoms with Crippen LogP contribution < -0.4 is 5.32 Å². The lowest BCUT2D eigenvalue weighted by molar-refractivity contribution is 0.623. The van der Waals surface area contributed by atoms with Crippen molar-refractivity contribution in [2.45, 2.75) is 6.42 Å². The molecule has 2 rings (SSSR count). The summed E-state index contributed by atoms with van der Waals surface area (Å²) in [7, 11) is 0. The summed E-state index contributed by atoms with van der Waals surface area (Å²) in [5.41, 5.74) is 2.14. The molecule has 1 heterocycles. The summed E-state index contributed by atoms with van der Waals surface area (Å²) in [6.45, 7) is 1.75. The van der Waals surface area contributed by atoms with Gasteiger partial charge < -0.3 is 5.32 Å². The van der Waals surface area contributed by atoms with E-state index in [0.717, 1.165) is 30.6 Å². The van der Waals surface area contributed by atoms with Gasteiger partial charge in [0.15, 0.2) is 0 Å². The molecule has 0 saturated heterocycles. The van der Waals surface area contributed by atoms with Crippen LogP contribution in [-0.2, 0) is 0 Å². The van der Waals surface area contributed by atoms with Crippen molar-refractivity contribution in [2.75, 3.05) is 13.1 Å². The van der Waals surface area contributed by atoms with Gasteiger partial charge in [0.05, 0.1) is 5.56 Å². The Bertz CT molecular complexity index is 443. The molecule has 76 valence electrons. The van der Waals surface area contributed by atoms with Crippen molar-refractivity contribution in [1.29, 1.82) is 5.26 Å². The molecule has 15 heavy (non-hydrogen) atoms. The highest BCUT2D eigenvalue weighted by Gasteiger charge is 2.08. The van der Waals surface area contributed by atoms with Crippen molar-refractivity contribution in [2.24, 2.45) is 0 Å². The Morgan fingerprint density at radius 3 is 2.87 bits per heavy atom. The summed E-state index contributed by atoms with van der Waals surface area (Å²) in [4.78, 5) is 0. The predicted molar refractivity (Wildman–Crippen MR) is 56.6 cm³/mol. The number of halogens is 1. The lowest BCUT2D eigenvalue weighted by Crippen LogP contribution is -2.20. The van der Waals surface area contributed by atoms with Crippen LogP contribution in [0.25, 0.3) is 5.57 Å². The average Bonchev–Trinajstić information content (AvgIpc) is 2.30. The fourth-order valence-electron chi connectivity index (χ4n) is 1.69. The van der Waals surface area contributed by atoms with Crippen LogP contribution in [0.2, 0.25) is 0 Å². The van der Waals surface area contributed by atoms with Crippen molar-refractivity contribution in [3.63, 3.8) is 0 Å². The van der Waals surface area contributed by atoms with Gasteiger partial charge in [-0.1, -0.05) is 12.1 Å². The molecule has 1 aliphatic heterocycles. The zero-order valence-corrected chi connectivity index (χ0v) is 8.26. The summed E-state index contributed by atoms with van der Waals surface area (Å²) in [6.07, 6.45) is 2.97. The van der Waals surface area contributed by atoms with Gasteiger partial charge in [-0.05, 0) is 36.2 Å². The Hall–Kier alpha value is -1.66. The Labute approximate surface area is 88.0 Å². The van der Waals surface area contributed by atoms with Crippen LogP contribution in [0.1, 0.15) is 17.5 Å². The number of hydrogen-bond acceptors (Lipinski definition) is 2. The minimum absolute atomic E-state index is 0.105. The molecule has 2 nitrogen and oxygen atoms in total. The van der Waals surface area contributed by atoms with Gasteiger partial charge >= 0.3 is 0 Å². The molecule has 0 aliphatic carbocycles. The third kappa shape index (κ3) is 2.05. The van der Waals surface area contributed by atoms with Gasteiger partial charge in [-0.25, -0.2) is 4.39 Å². The summed E-state index contributed by atoms with van der Waals surface area (Å²) in [5.74, 6) is -0.436. The SMILES string of the molecule is N#Cc1ccc(C2=CCNCC2)cc1F. The van der Waals surface area contributed by atoms with Crippen LogP contribution >= 0.6 is 0 Å². The summed E-state index contributed by atoms with van der Waals surface area (Å²) in [6, 6.07) is 6.60. The fourth-order valence-corrected chi connectivity index (χ4v) is 1.69. The third-order valence-corrected chi connectivity index (χ3v) is 2.52. The molecule has 0 bridgehead atoms. The zero-order valence-electron chi connectivity index (χ0n) is 8.26. The molecule has 0 spiro atoms. The first kappa shape index (κ1) is 9.88. The van der Waals surface area contributed by atoms with Gasteiger partial charge in [0, 0.05) is 6.54 Å². The molecule has 0 saturated carbocycles. The lowest BCUT2D eigenvalue weighted by Gasteiger charge is -2.14. The van der Waals surface area contributed by atoms with E-state index < -0.39 is 5.82 Å². The van der Waals surface area contributed by atoms with Crippen LogP contribution in [0.5, 0.6) is 0 Å². The zero-order chi connectivity index (χ0) is 10.7. The smallest absolute Gasteiger partial charge is 0.141 e. The van der Waals surface area contributed by atoms with Crippen LogP contribution in [0.3, 0.4) is 0 Å². The van der Waals surface area contributed by atoms with E-state index in [0.29, 0.717) is 0 Å². The van der Waals surface area contributed by atoms with Crippen molar-refractivity contribution < 1.29 is 4.39 Å². The molecular formula is C12H11FN2. The topological polar surface area (TPSA) is 35.8 Å². The summed E-state index contributed by atoms with van der Waals surface area (Å²) < 4.78 is 13.3. The Morgan fingerprint density at radius 1 is 1.40 bits per heavy atom. The van der Waals surface area contributed by atoms with Crippen molar-refractivity contribution in [3.8, 4) is 6.07 Å². The van der Waals surface area contributed by atoms with E-state index in [1.54, 1.807) is 6.07 Å². The second kappa shape index (κ2) is 4.24. The number of benzene rings is 1. The molecule has 0 aromatic heterocycles. The summed E-state index contributed by atoms with van der Waals surface area (Å²) in [5, 5.41) is 11.8. The molecule has 1 aliphatic rings. The second-order valence-corrected chi connectivity index (χ2v) is 3.49. The minimum atomic E-state index is -0.436. The first-order valence-corrected chi connectivity index (χ1v) is 4.91. The molecule has 1 N–H and O–H groups in total. The Balaban J connectivity index is 2.34. The number of rotatable bonds is 1. The average molecular weight is 202 g/mol. The van der Waals surface area contributed by atoms with E-state index >= 15 is 0 Å². The minimum Gasteiger partial charge on any atom is -0.313 e. The molecule has 0 radical (unpaired) electrons. The number of hydrogen-bond donors (Lipinski definition) is 1. The molecule has 1 aromatic rings. The predicted octanol–water partition coefficient (Wildman–Crippen LogP) is 2.07. The Morgan fingerprint density at radius 2 is 2.27 bits per heavy atom. The van der Waals surface area contributed by atoms with E-state index in [9.17, 15) is 4.39 Å². The first-order chi connectivity index (χ1) is 7.31. The van der Waals surface area contributed by atoms with Crippen LogP contribution in [0.15, 0.2) is 24.3 Å². The van der Waals surface area contributed by atoms with Crippen molar-refractivity contribution in [3.05, 3.63) is 41.2 Å². The maximum absolute atomic E-state index is 13.3. The van der Waals surface area contributed by atoms with E-state index in [4.69, 9.17) is 5.26 Å². The maximum atomic E-state index is 13.3. The first-order valence-electron chi connectivity index (χ1n) is 4.91. The van der Waals surface area contributed by atoms with E-state index in [2.05, 4.69) is 11.4 Å². The van der Waals surface area contributed by atoms with E-state index in [1.165, 1.54) is 12.1 Å². The normalized spacial score (nSPS) is 15.6. The molecule has 0 unspecified atom stereocenters. The highest BCUT2D eigenvalue weighted by atomic mass is 19.1. The van der Waals surface area contributed by atoms with Crippen LogP contribution in [-0.4, -0.2) is 13.1 Å². The second-order valence-electron chi connectivity index (χ2n) is 3.49. The van der Waals surface area contributed by atoms with Gasteiger partial charge in [0.25, 0.3) is 0 Å². The molecule has 3 heteroatoms. The quantitative estimate of drug-likeness (QED) is 0.756. The largest absolute Gasteiger partial charge is 0.313 e. The maximum Gasteiger partial charge on any atom is 0.141 e. The standard InChI is InChI=1S/C12H11FN2/c13-12-7-10(1-2-11(12)8-14)9-3-5-15-6-4-9/h1-3,7,15H,4-6H2. The van der Waals surface area contributed by atoms with Crippen LogP contribution in [0, 0.1) is 17.1 Å². The monoisotopic (exact) mass is 202 g/mol. The third-order valence-electron chi connectivity index (χ3n) is 2.52. The molecule has 0 amide bonds. The molecule has 1 aromatic carbocycles. The molecule has 0 atom stereocenters. The van der Waals surface area contributed by atoms with E-state index in [-0.39, 0.29) is 5.56 Å². The highest BCUT2D eigenvalue weighted by molar-refractivity contribution is 5.67. The number of nitrogens with zero attached hydrogens (tertiary/aromatic N) is 1. The van der Waals surface area contributed by atoms with Gasteiger partial charge in [0.1, 0.15) is 11.9 Å². The molecule has 0 fully saturated rings. The van der Waals surface area contributed by atoms with Gasteiger partial charge in [-0.2, -0.15) is 5.26 Å². The van der Waals surface area contributed by atoms with E-state index in [1.807, 2.05) is 6.07 Å². The van der Waals surface area contributed by atoms with Gasteiger partial charge in [-0.3, -0.25) is 0 Å². The number of nitriles is 1. The van der Waals surface area contributed by atoms with Crippen molar-refractivity contribution in [1.82, 2.24) is 5.32 Å². The lowest BCUT2D eigenvalue weighted by atomic mass is 9.99. The van der Waals surface area contributed by atoms with Gasteiger partial charge in [0.2, 0.25) is 0 Å². The van der Waals surface area contributed by atoms with Crippen LogP contribution in [0.4, 0.5) is 4.39 Å². The number of nitrogens with one attached hydrogen (secondary N) is 1. The summed E-state index contributed by atoms with van der Waals surface area (Å²) >= 11 is 0. The van der Waals surface area contributed by atoms with Gasteiger partial charge in [-0.15, -0.1) is 0 Å². The van der Waals surface area contributed by atoms with Crippen molar-refractivity contribution >= 4 is 5.57 Å². The highest BCUT2D eigenvalue weighted by Crippen LogP contribution is 2.21. The molecular weight excluding hydrogens is 191 g/mol. The Kier molecular flexibility index (Phi) is 2.79. The fraction of sp³-hybridized carbons (Fsp3) is 0.250.